The Balaban J connectivity index is 1.97. The maximum atomic E-state index is 12.5. The number of amides is 2. The van der Waals surface area contributed by atoms with Gasteiger partial charge in [0.15, 0.2) is 0 Å². The van der Waals surface area contributed by atoms with Crippen LogP contribution in [0.25, 0.3) is 0 Å². The van der Waals surface area contributed by atoms with E-state index in [2.05, 4.69) is 31.2 Å². The van der Waals surface area contributed by atoms with Crippen molar-refractivity contribution in [1.29, 1.82) is 0 Å². The molecule has 6 heteroatoms. The minimum absolute atomic E-state index is 0.133. The SMILES string of the molecule is CCc1c(NC(=O)N(C)C[C@@H]2CCCC[C@H]2O)cnn1CC(C)C. The molecule has 0 spiro atoms. The third-order valence-corrected chi connectivity index (χ3v) is 4.79. The van der Waals surface area contributed by atoms with Gasteiger partial charge in [0, 0.05) is 26.1 Å². The van der Waals surface area contributed by atoms with E-state index in [0.29, 0.717) is 12.5 Å². The molecule has 1 aromatic rings. The largest absolute Gasteiger partial charge is 0.393 e. The lowest BCUT2D eigenvalue weighted by Gasteiger charge is -2.31. The molecule has 1 fully saturated rings. The van der Waals surface area contributed by atoms with Gasteiger partial charge >= 0.3 is 6.03 Å². The third-order valence-electron chi connectivity index (χ3n) is 4.79. The van der Waals surface area contributed by atoms with Crippen LogP contribution in [-0.4, -0.2) is 45.5 Å². The number of aliphatic hydroxyl groups is 1. The van der Waals surface area contributed by atoms with Crippen LogP contribution in [0.2, 0.25) is 0 Å². The van der Waals surface area contributed by atoms with E-state index in [1.165, 1.54) is 0 Å². The third kappa shape index (κ3) is 4.72. The molecule has 136 valence electrons. The first-order valence-corrected chi connectivity index (χ1v) is 9.17. The van der Waals surface area contributed by atoms with Crippen LogP contribution >= 0.6 is 0 Å². The average molecular weight is 336 g/mol. The normalized spacial score (nSPS) is 21.1. The first kappa shape index (κ1) is 18.8. The second kappa shape index (κ2) is 8.51. The Morgan fingerprint density at radius 3 is 2.79 bits per heavy atom. The predicted octanol–water partition coefficient (Wildman–Crippen LogP) is 3.12. The van der Waals surface area contributed by atoms with Gasteiger partial charge in [-0.05, 0) is 25.2 Å². The Labute approximate surface area is 145 Å². The van der Waals surface area contributed by atoms with Gasteiger partial charge in [0.2, 0.25) is 0 Å². The van der Waals surface area contributed by atoms with Crippen molar-refractivity contribution in [3.05, 3.63) is 11.9 Å². The maximum absolute atomic E-state index is 12.5. The molecule has 2 atom stereocenters. The number of nitrogens with zero attached hydrogens (tertiary/aromatic N) is 3. The summed E-state index contributed by atoms with van der Waals surface area (Å²) in [5, 5.41) is 17.5. The summed E-state index contributed by atoms with van der Waals surface area (Å²) in [6.45, 7) is 7.83. The van der Waals surface area contributed by atoms with E-state index < -0.39 is 0 Å². The molecule has 2 N–H and O–H groups in total. The van der Waals surface area contributed by atoms with E-state index >= 15 is 0 Å². The Hall–Kier alpha value is -1.56. The van der Waals surface area contributed by atoms with Gasteiger partial charge in [0.1, 0.15) is 0 Å². The van der Waals surface area contributed by atoms with Crippen LogP contribution in [0.5, 0.6) is 0 Å². The first-order chi connectivity index (χ1) is 11.4. The van der Waals surface area contributed by atoms with Gasteiger partial charge in [-0.2, -0.15) is 5.10 Å². The van der Waals surface area contributed by atoms with Crippen LogP contribution < -0.4 is 5.32 Å². The second-order valence-corrected chi connectivity index (χ2v) is 7.36. The van der Waals surface area contributed by atoms with E-state index in [1.54, 1.807) is 18.1 Å². The Morgan fingerprint density at radius 1 is 1.46 bits per heavy atom. The molecule has 1 aliphatic rings. The molecule has 1 aromatic heterocycles. The number of aliphatic hydroxyl groups excluding tert-OH is 1. The monoisotopic (exact) mass is 336 g/mol. The van der Waals surface area contributed by atoms with Crippen LogP contribution in [0.4, 0.5) is 10.5 Å². The number of rotatable bonds is 6. The second-order valence-electron chi connectivity index (χ2n) is 7.36. The van der Waals surface area contributed by atoms with Crippen LogP contribution in [0.3, 0.4) is 0 Å². The molecular formula is C18H32N4O2. The first-order valence-electron chi connectivity index (χ1n) is 9.17. The van der Waals surface area contributed by atoms with E-state index in [9.17, 15) is 9.90 Å². The van der Waals surface area contributed by atoms with E-state index in [1.807, 2.05) is 4.68 Å². The van der Waals surface area contributed by atoms with E-state index in [0.717, 1.165) is 50.0 Å². The lowest BCUT2D eigenvalue weighted by atomic mass is 9.86. The highest BCUT2D eigenvalue weighted by atomic mass is 16.3. The number of aromatic nitrogens is 2. The summed E-state index contributed by atoms with van der Waals surface area (Å²) >= 11 is 0. The summed E-state index contributed by atoms with van der Waals surface area (Å²) in [6.07, 6.45) is 6.35. The molecular weight excluding hydrogens is 304 g/mol. The van der Waals surface area contributed by atoms with Crippen LogP contribution in [0.15, 0.2) is 6.20 Å². The highest BCUT2D eigenvalue weighted by molar-refractivity contribution is 5.89. The van der Waals surface area contributed by atoms with Crippen molar-refractivity contribution in [1.82, 2.24) is 14.7 Å². The average Bonchev–Trinajstić information content (AvgIpc) is 2.90. The van der Waals surface area contributed by atoms with Crippen molar-refractivity contribution in [2.45, 2.75) is 65.5 Å². The Morgan fingerprint density at radius 2 is 2.17 bits per heavy atom. The molecule has 0 aromatic carbocycles. The van der Waals surface area contributed by atoms with Gasteiger partial charge in [0.25, 0.3) is 0 Å². The van der Waals surface area contributed by atoms with Crippen molar-refractivity contribution in [2.75, 3.05) is 18.9 Å². The lowest BCUT2D eigenvalue weighted by Crippen LogP contribution is -2.40. The topological polar surface area (TPSA) is 70.4 Å². The van der Waals surface area contributed by atoms with Crippen molar-refractivity contribution >= 4 is 11.7 Å². The number of urea groups is 1. The highest BCUT2D eigenvalue weighted by Crippen LogP contribution is 2.25. The van der Waals surface area contributed by atoms with Crippen molar-refractivity contribution in [3.8, 4) is 0 Å². The van der Waals surface area contributed by atoms with Gasteiger partial charge in [-0.3, -0.25) is 4.68 Å². The molecule has 6 nitrogen and oxygen atoms in total. The van der Waals surface area contributed by atoms with Crippen LogP contribution in [-0.2, 0) is 13.0 Å². The Kier molecular flexibility index (Phi) is 6.66. The van der Waals surface area contributed by atoms with Gasteiger partial charge in [-0.1, -0.05) is 33.6 Å². The van der Waals surface area contributed by atoms with Gasteiger partial charge < -0.3 is 15.3 Å². The zero-order valence-corrected chi connectivity index (χ0v) is 15.5. The molecule has 0 saturated heterocycles. The Bertz CT molecular complexity index is 541. The smallest absolute Gasteiger partial charge is 0.321 e. The number of carbonyl (C=O) groups is 1. The molecule has 0 radical (unpaired) electrons. The van der Waals surface area contributed by atoms with Gasteiger partial charge in [0.05, 0.1) is 23.7 Å². The number of hydrogen-bond donors (Lipinski definition) is 2. The summed E-state index contributed by atoms with van der Waals surface area (Å²) in [4.78, 5) is 14.2. The summed E-state index contributed by atoms with van der Waals surface area (Å²) < 4.78 is 1.98. The van der Waals surface area contributed by atoms with Crippen LogP contribution in [0, 0.1) is 11.8 Å². The number of anilines is 1. The molecule has 2 amide bonds. The number of nitrogens with one attached hydrogen (secondary N) is 1. The standard InChI is InChI=1S/C18H32N4O2/c1-5-16-15(10-19-22(16)11-13(2)3)20-18(24)21(4)12-14-8-6-7-9-17(14)23/h10,13-14,17,23H,5-9,11-12H2,1-4H3,(H,20,24)/t14-,17+/m0/s1. The molecule has 1 aliphatic carbocycles. The molecule has 1 heterocycles. The molecule has 2 rings (SSSR count). The van der Waals surface area contributed by atoms with E-state index in [4.69, 9.17) is 0 Å². The van der Waals surface area contributed by atoms with Crippen molar-refractivity contribution in [2.24, 2.45) is 11.8 Å². The van der Waals surface area contributed by atoms with Crippen molar-refractivity contribution in [3.63, 3.8) is 0 Å². The molecule has 0 unspecified atom stereocenters. The number of hydrogen-bond acceptors (Lipinski definition) is 3. The summed E-state index contributed by atoms with van der Waals surface area (Å²) in [6, 6.07) is -0.133. The van der Waals surface area contributed by atoms with Crippen molar-refractivity contribution < 1.29 is 9.90 Å². The van der Waals surface area contributed by atoms with Gasteiger partial charge in [-0.15, -0.1) is 0 Å². The summed E-state index contributed by atoms with van der Waals surface area (Å²) in [5.74, 6) is 0.693. The predicted molar refractivity (Wildman–Crippen MR) is 96.1 cm³/mol. The highest BCUT2D eigenvalue weighted by Gasteiger charge is 2.26. The van der Waals surface area contributed by atoms with Gasteiger partial charge in [-0.25, -0.2) is 4.79 Å². The fourth-order valence-corrected chi connectivity index (χ4v) is 3.44. The zero-order valence-electron chi connectivity index (χ0n) is 15.5. The fraction of sp³-hybridized carbons (Fsp3) is 0.778. The summed E-state index contributed by atoms with van der Waals surface area (Å²) in [7, 11) is 1.79. The maximum Gasteiger partial charge on any atom is 0.321 e. The minimum atomic E-state index is -0.283. The van der Waals surface area contributed by atoms with E-state index in [-0.39, 0.29) is 18.1 Å². The fourth-order valence-electron chi connectivity index (χ4n) is 3.44. The molecule has 1 saturated carbocycles. The quantitative estimate of drug-likeness (QED) is 0.838. The molecule has 0 aliphatic heterocycles. The summed E-state index contributed by atoms with van der Waals surface area (Å²) in [5.41, 5.74) is 1.85. The van der Waals surface area contributed by atoms with Crippen LogP contribution in [0.1, 0.15) is 52.1 Å². The minimum Gasteiger partial charge on any atom is -0.393 e. The molecule has 24 heavy (non-hydrogen) atoms. The number of carbonyl (C=O) groups excluding carboxylic acids is 1. The lowest BCUT2D eigenvalue weighted by molar-refractivity contribution is 0.0575. The molecule has 0 bridgehead atoms. The zero-order chi connectivity index (χ0) is 17.7.